The van der Waals surface area contributed by atoms with Crippen LogP contribution in [0.4, 0.5) is 11.4 Å². The molecule has 5 rings (SSSR count). The molecule has 10 nitrogen and oxygen atoms in total. The Labute approximate surface area is 205 Å². The number of methoxy groups -OCH3 is 1. The first-order valence-electron chi connectivity index (χ1n) is 11.3. The second-order valence-electron chi connectivity index (χ2n) is 9.05. The third-order valence-corrected chi connectivity index (χ3v) is 8.31. The molecule has 184 valence electrons. The van der Waals surface area contributed by atoms with E-state index in [2.05, 4.69) is 0 Å². The fourth-order valence-electron chi connectivity index (χ4n) is 5.64. The van der Waals surface area contributed by atoms with Crippen LogP contribution in [-0.4, -0.2) is 64.3 Å². The van der Waals surface area contributed by atoms with Crippen LogP contribution < -0.4 is 4.31 Å². The summed E-state index contributed by atoms with van der Waals surface area (Å²) in [5, 5.41) is 32.7. The number of rotatable bonds is 7. The molecule has 0 bridgehead atoms. The maximum Gasteiger partial charge on any atom is 0.354 e. The van der Waals surface area contributed by atoms with Crippen molar-refractivity contribution >= 4 is 46.0 Å². The number of esters is 1. The van der Waals surface area contributed by atoms with Gasteiger partial charge >= 0.3 is 5.97 Å². The summed E-state index contributed by atoms with van der Waals surface area (Å²) in [6, 6.07) is 6.53. The summed E-state index contributed by atoms with van der Waals surface area (Å²) in [4.78, 5) is 39.2. The molecule has 1 fully saturated rings. The summed E-state index contributed by atoms with van der Waals surface area (Å²) < 4.78 is 6.97. The van der Waals surface area contributed by atoms with Gasteiger partial charge in [-0.3, -0.25) is 14.9 Å². The van der Waals surface area contributed by atoms with Crippen molar-refractivity contribution in [2.45, 2.75) is 37.3 Å². The predicted molar refractivity (Wildman–Crippen MR) is 129 cm³/mol. The molecule has 0 spiro atoms. The van der Waals surface area contributed by atoms with Gasteiger partial charge < -0.3 is 24.2 Å². The van der Waals surface area contributed by atoms with Crippen LogP contribution in [0.1, 0.15) is 19.4 Å². The molecule has 4 atom stereocenters. The number of amides is 1. The summed E-state index contributed by atoms with van der Waals surface area (Å²) in [5.74, 6) is -1.68. The third kappa shape index (κ3) is 3.33. The highest BCUT2D eigenvalue weighted by atomic mass is 32.2. The van der Waals surface area contributed by atoms with Crippen molar-refractivity contribution in [2.75, 3.05) is 24.6 Å². The Morgan fingerprint density at radius 2 is 2.03 bits per heavy atom. The topological polar surface area (TPSA) is 133 Å². The molecular formula is C24H25N3O7S. The van der Waals surface area contributed by atoms with Gasteiger partial charge in [-0.1, -0.05) is 13.0 Å². The summed E-state index contributed by atoms with van der Waals surface area (Å²) in [6.45, 7) is 3.67. The molecule has 3 heterocycles. The molecule has 3 aliphatic rings. The minimum absolute atomic E-state index is 0.0188. The zero-order chi connectivity index (χ0) is 25.2. The van der Waals surface area contributed by atoms with Crippen LogP contribution in [-0.2, 0) is 20.7 Å². The van der Waals surface area contributed by atoms with Gasteiger partial charge in [-0.2, -0.15) is 0 Å². The largest absolute Gasteiger partial charge is 0.464 e. The average Bonchev–Trinajstić information content (AvgIpc) is 3.29. The summed E-state index contributed by atoms with van der Waals surface area (Å²) in [5.41, 5.74) is 2.38. The Morgan fingerprint density at radius 3 is 2.66 bits per heavy atom. The third-order valence-electron chi connectivity index (χ3n) is 7.23. The highest BCUT2D eigenvalue weighted by Gasteiger charge is 2.60. The molecule has 0 saturated carbocycles. The smallest absolute Gasteiger partial charge is 0.354 e. The minimum Gasteiger partial charge on any atom is -0.464 e. The molecule has 1 amide bonds. The van der Waals surface area contributed by atoms with Crippen molar-refractivity contribution in [3.05, 3.63) is 51.2 Å². The lowest BCUT2D eigenvalue weighted by molar-refractivity contribution is -0.383. The first-order valence-corrected chi connectivity index (χ1v) is 12.1. The zero-order valence-electron chi connectivity index (χ0n) is 19.4. The zero-order valence-corrected chi connectivity index (χ0v) is 20.2. The van der Waals surface area contributed by atoms with Crippen LogP contribution in [0.3, 0.4) is 0 Å². The summed E-state index contributed by atoms with van der Waals surface area (Å²) in [7, 11) is 1.27. The van der Waals surface area contributed by atoms with Gasteiger partial charge in [0, 0.05) is 28.9 Å². The monoisotopic (exact) mass is 499 g/mol. The van der Waals surface area contributed by atoms with E-state index in [1.165, 1.54) is 30.0 Å². The molecule has 0 aliphatic carbocycles. The Hall–Kier alpha value is -3.15. The number of hydrogen-bond donors (Lipinski definition) is 2. The fraction of sp³-hybridized carbons (Fsp3) is 0.417. The van der Waals surface area contributed by atoms with Gasteiger partial charge in [0.2, 0.25) is 5.91 Å². The Bertz CT molecular complexity index is 1310. The Morgan fingerprint density at radius 1 is 1.29 bits per heavy atom. The molecular weight excluding hydrogens is 474 g/mol. The molecule has 35 heavy (non-hydrogen) atoms. The highest BCUT2D eigenvalue weighted by molar-refractivity contribution is 8.01. The minimum atomic E-state index is -0.839. The van der Waals surface area contributed by atoms with Crippen molar-refractivity contribution in [2.24, 2.45) is 11.8 Å². The van der Waals surface area contributed by atoms with E-state index >= 15 is 0 Å². The van der Waals surface area contributed by atoms with E-state index in [4.69, 9.17) is 4.74 Å². The van der Waals surface area contributed by atoms with Gasteiger partial charge in [0.25, 0.3) is 5.69 Å². The van der Waals surface area contributed by atoms with Crippen LogP contribution in [0.15, 0.2) is 40.4 Å². The molecule has 3 aliphatic heterocycles. The normalized spacial score (nSPS) is 23.6. The summed E-state index contributed by atoms with van der Waals surface area (Å²) >= 11 is 1.41. The van der Waals surface area contributed by atoms with Crippen LogP contribution in [0.2, 0.25) is 0 Å². The van der Waals surface area contributed by atoms with Crippen LogP contribution in [0.25, 0.3) is 10.8 Å². The second-order valence-corrected chi connectivity index (χ2v) is 10.1. The molecule has 2 aromatic rings. The summed E-state index contributed by atoms with van der Waals surface area (Å²) in [6.07, 6.45) is -0.547. The predicted octanol–water partition coefficient (Wildman–Crippen LogP) is 2.39. The number of non-ortho nitro benzene ring substituents is 1. The molecule has 1 saturated heterocycles. The number of hydrogen-bond acceptors (Lipinski definition) is 9. The number of carbonyl (C=O) groups excluding carboxylic acids is 2. The maximum absolute atomic E-state index is 12.8. The quantitative estimate of drug-likeness (QED) is 0.194. The van der Waals surface area contributed by atoms with Gasteiger partial charge in [-0.15, -0.1) is 0 Å². The molecule has 11 heteroatoms. The SMILES string of the molecule is COC(=O)C1=C(CN2Sc3ccc(CCO)c4c([N+](=O)[O-])ccc2c34)[C@H](C)C2[C@@H]([C@@H](C)O)C(=O)N12. The average molecular weight is 500 g/mol. The van der Waals surface area contributed by atoms with Gasteiger partial charge in [-0.05, 0) is 48.6 Å². The number of fused-ring (bicyclic) bond motifs is 1. The number of aliphatic hydroxyl groups excluding tert-OH is 2. The number of nitro groups is 1. The first-order chi connectivity index (χ1) is 16.7. The number of carbonyl (C=O) groups is 2. The van der Waals surface area contributed by atoms with Crippen LogP contribution >= 0.6 is 11.9 Å². The van der Waals surface area contributed by atoms with E-state index in [1.54, 1.807) is 19.1 Å². The highest BCUT2D eigenvalue weighted by Crippen LogP contribution is 2.52. The number of anilines is 1. The number of nitrogens with zero attached hydrogens (tertiary/aromatic N) is 3. The molecule has 0 radical (unpaired) electrons. The lowest BCUT2D eigenvalue weighted by atomic mass is 9.78. The van der Waals surface area contributed by atoms with E-state index in [0.29, 0.717) is 23.9 Å². The molecule has 1 unspecified atom stereocenters. The molecule has 0 aromatic heterocycles. The standard InChI is InChI=1S/C24H25N3O7S/c1-11-14(22(24(31)34-3)26-21(11)18(12(2)29)23(26)30)10-25-15-5-6-16(27(32)33)19-13(8-9-28)4-7-17(35-25)20(15)19/h4-7,11-12,18,21,28-29H,8-10H2,1-3H3/t11-,12+,18+,21?/m0/s1. The number of ether oxygens (including phenoxy) is 1. The number of nitro benzene ring substituents is 1. The van der Waals surface area contributed by atoms with Gasteiger partial charge in [0.05, 0.1) is 47.7 Å². The van der Waals surface area contributed by atoms with Crippen molar-refractivity contribution < 1.29 is 29.5 Å². The molecule has 2 aromatic carbocycles. The maximum atomic E-state index is 12.8. The van der Waals surface area contributed by atoms with Crippen molar-refractivity contribution in [1.82, 2.24) is 4.90 Å². The first kappa shape index (κ1) is 23.6. The van der Waals surface area contributed by atoms with E-state index < -0.39 is 22.9 Å². The Kier molecular flexibility index (Phi) is 5.73. The molecule has 2 N–H and O–H groups in total. The van der Waals surface area contributed by atoms with Gasteiger partial charge in [0.1, 0.15) is 5.70 Å². The van der Waals surface area contributed by atoms with Crippen molar-refractivity contribution in [3.63, 3.8) is 0 Å². The van der Waals surface area contributed by atoms with Gasteiger partial charge in [0.15, 0.2) is 0 Å². The van der Waals surface area contributed by atoms with E-state index in [0.717, 1.165) is 21.5 Å². The lowest BCUT2D eigenvalue weighted by Crippen LogP contribution is -2.63. The van der Waals surface area contributed by atoms with Crippen molar-refractivity contribution in [3.8, 4) is 0 Å². The van der Waals surface area contributed by atoms with Crippen LogP contribution in [0.5, 0.6) is 0 Å². The Balaban J connectivity index is 1.58. The van der Waals surface area contributed by atoms with Crippen molar-refractivity contribution in [1.29, 1.82) is 0 Å². The van der Waals surface area contributed by atoms with E-state index in [1.807, 2.05) is 17.3 Å². The number of benzene rings is 2. The van der Waals surface area contributed by atoms with E-state index in [-0.39, 0.29) is 35.9 Å². The lowest BCUT2D eigenvalue weighted by Gasteiger charge is -2.46. The van der Waals surface area contributed by atoms with E-state index in [9.17, 15) is 29.9 Å². The van der Waals surface area contributed by atoms with Crippen LogP contribution in [0, 0.1) is 22.0 Å². The number of β-lactam (4-membered cyclic amide) rings is 1. The number of aliphatic hydroxyl groups is 2. The second kappa shape index (κ2) is 8.51. The fourth-order valence-corrected chi connectivity index (χ4v) is 6.76. The van der Waals surface area contributed by atoms with Gasteiger partial charge in [-0.25, -0.2) is 4.79 Å².